The normalized spacial score (nSPS) is 23.4. The molecule has 130 valence electrons. The van der Waals surface area contributed by atoms with Crippen LogP contribution in [0.1, 0.15) is 49.4 Å². The Morgan fingerprint density at radius 2 is 2.24 bits per heavy atom. The third kappa shape index (κ3) is 2.76. The summed E-state index contributed by atoms with van der Waals surface area (Å²) in [5, 5.41) is 16.2. The van der Waals surface area contributed by atoms with E-state index >= 15 is 0 Å². The van der Waals surface area contributed by atoms with Crippen LogP contribution in [0.5, 0.6) is 0 Å². The number of hydrogen-bond donors (Lipinski definition) is 2. The fraction of sp³-hybridized carbons (Fsp3) is 0.529. The summed E-state index contributed by atoms with van der Waals surface area (Å²) < 4.78 is 7.95. The largest absolute Gasteiger partial charge is 0.382 e. The van der Waals surface area contributed by atoms with Gasteiger partial charge in [-0.15, -0.1) is 0 Å². The summed E-state index contributed by atoms with van der Waals surface area (Å²) in [6, 6.07) is 1.98. The van der Waals surface area contributed by atoms with Crippen LogP contribution in [0.3, 0.4) is 0 Å². The minimum atomic E-state index is 0.0302. The Balaban J connectivity index is 1.23. The number of nitrogens with one attached hydrogen (secondary N) is 2. The maximum Gasteiger partial charge on any atom is 0.159 e. The molecule has 1 aliphatic carbocycles. The lowest BCUT2D eigenvalue weighted by Crippen LogP contribution is -2.19. The molecule has 2 aliphatic rings. The number of nitrogens with zero attached hydrogens (tertiary/aromatic N) is 5. The van der Waals surface area contributed by atoms with Gasteiger partial charge in [-0.2, -0.15) is 10.2 Å². The molecule has 0 unspecified atom stereocenters. The number of ether oxygens (including phenoxy) is 1. The first-order valence-corrected chi connectivity index (χ1v) is 8.86. The van der Waals surface area contributed by atoms with Gasteiger partial charge in [0.15, 0.2) is 17.3 Å². The minimum absolute atomic E-state index is 0.0302. The molecule has 0 aromatic carbocycles. The molecule has 2 N–H and O–H groups in total. The standard InChI is InChI=1S/C17H21N7O/c1-24-17-12(9-20-24)13(6-7-18-17)19-8-11-4-5-14(25-11)16-21-15(22-23-16)10-2-3-10/h6-7,9-11,14H,2-5,8H2,1H3,(H,18,19)(H,21,22,23)/t11-,14+/m1/s1. The van der Waals surface area contributed by atoms with E-state index in [-0.39, 0.29) is 12.2 Å². The van der Waals surface area contributed by atoms with Gasteiger partial charge in [0.2, 0.25) is 0 Å². The zero-order chi connectivity index (χ0) is 16.8. The molecule has 1 aliphatic heterocycles. The molecule has 0 spiro atoms. The maximum absolute atomic E-state index is 6.17. The molecule has 3 aromatic rings. The van der Waals surface area contributed by atoms with Crippen molar-refractivity contribution in [3.8, 4) is 0 Å². The minimum Gasteiger partial charge on any atom is -0.382 e. The van der Waals surface area contributed by atoms with Gasteiger partial charge in [-0.05, 0) is 31.7 Å². The molecule has 1 saturated heterocycles. The van der Waals surface area contributed by atoms with E-state index in [1.165, 1.54) is 12.8 Å². The number of hydrogen-bond acceptors (Lipinski definition) is 6. The quantitative estimate of drug-likeness (QED) is 0.741. The van der Waals surface area contributed by atoms with Crippen molar-refractivity contribution in [2.45, 2.75) is 43.8 Å². The molecule has 0 bridgehead atoms. The van der Waals surface area contributed by atoms with E-state index in [4.69, 9.17) is 4.74 Å². The van der Waals surface area contributed by atoms with E-state index < -0.39 is 0 Å². The fourth-order valence-corrected chi connectivity index (χ4v) is 3.44. The monoisotopic (exact) mass is 339 g/mol. The highest BCUT2D eigenvalue weighted by Crippen LogP contribution is 2.39. The molecule has 1 saturated carbocycles. The van der Waals surface area contributed by atoms with Crippen molar-refractivity contribution in [2.75, 3.05) is 11.9 Å². The van der Waals surface area contributed by atoms with Crippen molar-refractivity contribution >= 4 is 16.7 Å². The highest BCUT2D eigenvalue weighted by atomic mass is 16.5. The van der Waals surface area contributed by atoms with Gasteiger partial charge >= 0.3 is 0 Å². The number of aromatic amines is 1. The van der Waals surface area contributed by atoms with Crippen LogP contribution in [0.15, 0.2) is 18.5 Å². The van der Waals surface area contributed by atoms with Gasteiger partial charge < -0.3 is 10.1 Å². The van der Waals surface area contributed by atoms with Gasteiger partial charge in [0.25, 0.3) is 0 Å². The van der Waals surface area contributed by atoms with Crippen molar-refractivity contribution in [1.82, 2.24) is 29.9 Å². The van der Waals surface area contributed by atoms with Crippen LogP contribution in [0, 0.1) is 0 Å². The van der Waals surface area contributed by atoms with E-state index in [9.17, 15) is 0 Å². The van der Waals surface area contributed by atoms with Crippen molar-refractivity contribution in [1.29, 1.82) is 0 Å². The Morgan fingerprint density at radius 1 is 1.32 bits per heavy atom. The molecule has 2 atom stereocenters. The third-order valence-corrected chi connectivity index (χ3v) is 5.03. The first-order valence-electron chi connectivity index (χ1n) is 8.86. The van der Waals surface area contributed by atoms with E-state index in [1.54, 1.807) is 10.9 Å². The second-order valence-electron chi connectivity index (χ2n) is 6.92. The third-order valence-electron chi connectivity index (χ3n) is 5.03. The van der Waals surface area contributed by atoms with E-state index in [2.05, 4.69) is 30.6 Å². The Kier molecular flexibility index (Phi) is 3.44. The van der Waals surface area contributed by atoms with Gasteiger partial charge in [-0.1, -0.05) is 0 Å². The number of H-pyrrole nitrogens is 1. The summed E-state index contributed by atoms with van der Waals surface area (Å²) in [6.45, 7) is 0.758. The fourth-order valence-electron chi connectivity index (χ4n) is 3.44. The van der Waals surface area contributed by atoms with Crippen molar-refractivity contribution < 1.29 is 4.74 Å². The Morgan fingerprint density at radius 3 is 3.12 bits per heavy atom. The molecular weight excluding hydrogens is 318 g/mol. The maximum atomic E-state index is 6.17. The first-order chi connectivity index (χ1) is 12.3. The number of aryl methyl sites for hydroxylation is 1. The van der Waals surface area contributed by atoms with Crippen LogP contribution >= 0.6 is 0 Å². The summed E-state index contributed by atoms with van der Waals surface area (Å²) in [6.07, 6.45) is 8.26. The Bertz CT molecular complexity index is 897. The Hall–Kier alpha value is -2.48. The molecule has 8 nitrogen and oxygen atoms in total. The molecular formula is C17H21N7O. The average molecular weight is 339 g/mol. The van der Waals surface area contributed by atoms with Crippen molar-refractivity contribution in [2.24, 2.45) is 7.05 Å². The molecule has 4 heterocycles. The summed E-state index contributed by atoms with van der Waals surface area (Å²) in [5.41, 5.74) is 1.92. The molecule has 0 radical (unpaired) electrons. The Labute approximate surface area is 145 Å². The van der Waals surface area contributed by atoms with Crippen LogP contribution in [-0.2, 0) is 11.8 Å². The van der Waals surface area contributed by atoms with Gasteiger partial charge in [0, 0.05) is 31.4 Å². The summed E-state index contributed by atoms with van der Waals surface area (Å²) in [7, 11) is 1.90. The molecule has 25 heavy (non-hydrogen) atoms. The SMILES string of the molecule is Cn1ncc2c(NC[C@H]3CC[C@@H](c4nc(C5CC5)n[nH]4)O3)ccnc21. The van der Waals surface area contributed by atoms with Crippen molar-refractivity contribution in [3.63, 3.8) is 0 Å². The number of anilines is 1. The number of fused-ring (bicyclic) bond motifs is 1. The van der Waals surface area contributed by atoms with Gasteiger partial charge in [-0.3, -0.25) is 9.78 Å². The number of pyridine rings is 1. The van der Waals surface area contributed by atoms with Crippen LogP contribution in [0.2, 0.25) is 0 Å². The molecule has 3 aromatic heterocycles. The van der Waals surface area contributed by atoms with Crippen LogP contribution in [-0.4, -0.2) is 42.6 Å². The predicted octanol–water partition coefficient (Wildman–Crippen LogP) is 2.30. The van der Waals surface area contributed by atoms with Crippen LogP contribution in [0.4, 0.5) is 5.69 Å². The highest BCUT2D eigenvalue weighted by Gasteiger charge is 2.32. The molecule has 2 fully saturated rings. The topological polar surface area (TPSA) is 93.5 Å². The lowest BCUT2D eigenvalue weighted by Gasteiger charge is -2.14. The summed E-state index contributed by atoms with van der Waals surface area (Å²) in [5.74, 6) is 2.40. The molecule has 0 amide bonds. The second kappa shape index (κ2) is 5.80. The van der Waals surface area contributed by atoms with Crippen molar-refractivity contribution in [3.05, 3.63) is 30.1 Å². The molecule has 8 heteroatoms. The smallest absolute Gasteiger partial charge is 0.159 e. The van der Waals surface area contributed by atoms with E-state index in [0.29, 0.717) is 5.92 Å². The second-order valence-corrected chi connectivity index (χ2v) is 6.92. The lowest BCUT2D eigenvalue weighted by atomic mass is 10.2. The lowest BCUT2D eigenvalue weighted by molar-refractivity contribution is 0.0472. The number of aromatic nitrogens is 6. The van der Waals surface area contributed by atoms with Crippen LogP contribution < -0.4 is 5.32 Å². The highest BCUT2D eigenvalue weighted by molar-refractivity contribution is 5.88. The zero-order valence-corrected chi connectivity index (χ0v) is 14.1. The van der Waals surface area contributed by atoms with E-state index in [0.717, 1.165) is 47.8 Å². The number of rotatable bonds is 5. The van der Waals surface area contributed by atoms with E-state index in [1.807, 2.05) is 19.3 Å². The summed E-state index contributed by atoms with van der Waals surface area (Å²) in [4.78, 5) is 8.98. The summed E-state index contributed by atoms with van der Waals surface area (Å²) >= 11 is 0. The van der Waals surface area contributed by atoms with Crippen LogP contribution in [0.25, 0.3) is 11.0 Å². The van der Waals surface area contributed by atoms with Gasteiger partial charge in [0.05, 0.1) is 17.7 Å². The van der Waals surface area contributed by atoms with Gasteiger partial charge in [0.1, 0.15) is 6.10 Å². The van der Waals surface area contributed by atoms with Gasteiger partial charge in [-0.25, -0.2) is 9.97 Å². The predicted molar refractivity (Wildman–Crippen MR) is 92.2 cm³/mol. The first kappa shape index (κ1) is 14.8. The average Bonchev–Trinajstić information content (AvgIpc) is 3.04. The zero-order valence-electron chi connectivity index (χ0n) is 14.1. The molecule has 5 rings (SSSR count).